The van der Waals surface area contributed by atoms with Crippen molar-refractivity contribution >= 4 is 29.0 Å². The van der Waals surface area contributed by atoms with Gasteiger partial charge in [-0.15, -0.1) is 5.10 Å². The summed E-state index contributed by atoms with van der Waals surface area (Å²) in [6.45, 7) is 3.28. The minimum atomic E-state index is -0.534. The number of rotatable bonds is 7. The van der Waals surface area contributed by atoms with Crippen LogP contribution in [0.2, 0.25) is 5.02 Å². The summed E-state index contributed by atoms with van der Waals surface area (Å²) in [5, 5.41) is 4.46. The first-order valence-electron chi connectivity index (χ1n) is 6.61. The fourth-order valence-corrected chi connectivity index (χ4v) is 2.89. The number of carbonyl (C=O) groups excluding carboxylic acids is 1. The van der Waals surface area contributed by atoms with Crippen molar-refractivity contribution in [2.45, 2.75) is 20.0 Å². The second kappa shape index (κ2) is 7.53. The topological polar surface area (TPSA) is 81.3 Å². The Morgan fingerprint density at radius 3 is 2.82 bits per heavy atom. The van der Waals surface area contributed by atoms with Crippen LogP contribution < -0.4 is 10.5 Å². The van der Waals surface area contributed by atoms with E-state index in [0.29, 0.717) is 10.8 Å². The number of primary amides is 1. The first kappa shape index (κ1) is 16.7. The van der Waals surface area contributed by atoms with Crippen molar-refractivity contribution in [2.75, 3.05) is 13.7 Å². The van der Waals surface area contributed by atoms with Crippen LogP contribution in [-0.4, -0.2) is 34.0 Å². The highest BCUT2D eigenvalue weighted by Gasteiger charge is 2.09. The van der Waals surface area contributed by atoms with Gasteiger partial charge in [-0.05, 0) is 43.2 Å². The first-order chi connectivity index (χ1) is 10.5. The van der Waals surface area contributed by atoms with Crippen molar-refractivity contribution in [3.63, 3.8) is 0 Å². The molecule has 0 aliphatic rings. The van der Waals surface area contributed by atoms with Crippen molar-refractivity contribution in [1.29, 1.82) is 0 Å². The molecule has 0 unspecified atom stereocenters. The van der Waals surface area contributed by atoms with E-state index in [-0.39, 0.29) is 6.61 Å². The molecule has 1 amide bonds. The van der Waals surface area contributed by atoms with Gasteiger partial charge in [0.25, 0.3) is 5.91 Å². The Labute approximate surface area is 138 Å². The number of nitrogens with zero attached hydrogens (tertiary/aromatic N) is 3. The molecule has 1 aromatic carbocycles. The van der Waals surface area contributed by atoms with E-state index in [1.54, 1.807) is 6.07 Å². The van der Waals surface area contributed by atoms with Crippen molar-refractivity contribution < 1.29 is 9.53 Å². The third-order valence-corrected chi connectivity index (χ3v) is 4.08. The summed E-state index contributed by atoms with van der Waals surface area (Å²) in [7, 11) is 2.02. The minimum absolute atomic E-state index is 0.184. The quantitative estimate of drug-likeness (QED) is 0.833. The molecule has 1 aromatic heterocycles. The van der Waals surface area contributed by atoms with Crippen LogP contribution in [-0.2, 0) is 17.9 Å². The van der Waals surface area contributed by atoms with Crippen LogP contribution in [0.1, 0.15) is 16.1 Å². The third kappa shape index (κ3) is 4.66. The van der Waals surface area contributed by atoms with E-state index in [2.05, 4.69) is 14.5 Å². The molecule has 2 rings (SSSR count). The standard InChI is InChI=1S/C14H17ClN4O2S/c1-9-13(22-18-17-9)7-19(2)6-10-3-4-12(11(15)5-10)21-8-14(16)20/h3-5H,6-8H2,1-2H3,(H2,16,20). The van der Waals surface area contributed by atoms with E-state index in [1.165, 1.54) is 11.5 Å². The lowest BCUT2D eigenvalue weighted by Crippen LogP contribution is -2.20. The lowest BCUT2D eigenvalue weighted by atomic mass is 10.2. The number of halogens is 1. The van der Waals surface area contributed by atoms with Gasteiger partial charge in [0, 0.05) is 13.1 Å². The van der Waals surface area contributed by atoms with E-state index >= 15 is 0 Å². The molecule has 118 valence electrons. The van der Waals surface area contributed by atoms with Gasteiger partial charge in [-0.2, -0.15) is 0 Å². The van der Waals surface area contributed by atoms with E-state index in [0.717, 1.165) is 29.2 Å². The molecular weight excluding hydrogens is 324 g/mol. The second-order valence-electron chi connectivity index (χ2n) is 4.97. The van der Waals surface area contributed by atoms with E-state index in [4.69, 9.17) is 22.1 Å². The Morgan fingerprint density at radius 1 is 1.45 bits per heavy atom. The average molecular weight is 341 g/mol. The van der Waals surface area contributed by atoms with Gasteiger partial charge < -0.3 is 10.5 Å². The molecule has 0 atom stereocenters. The summed E-state index contributed by atoms with van der Waals surface area (Å²) in [5.41, 5.74) is 7.05. The molecule has 0 spiro atoms. The molecule has 0 fully saturated rings. The summed E-state index contributed by atoms with van der Waals surface area (Å²) in [4.78, 5) is 14.0. The van der Waals surface area contributed by atoms with Gasteiger partial charge in [-0.1, -0.05) is 22.2 Å². The van der Waals surface area contributed by atoms with Gasteiger partial charge in [-0.3, -0.25) is 9.69 Å². The van der Waals surface area contributed by atoms with Gasteiger partial charge in [0.2, 0.25) is 0 Å². The van der Waals surface area contributed by atoms with Gasteiger partial charge in [0.1, 0.15) is 5.75 Å². The monoisotopic (exact) mass is 340 g/mol. The van der Waals surface area contributed by atoms with Gasteiger partial charge in [0.05, 0.1) is 15.6 Å². The zero-order valence-electron chi connectivity index (χ0n) is 12.4. The lowest BCUT2D eigenvalue weighted by Gasteiger charge is -2.16. The van der Waals surface area contributed by atoms with Gasteiger partial charge >= 0.3 is 0 Å². The SMILES string of the molecule is Cc1nnsc1CN(C)Cc1ccc(OCC(N)=O)c(Cl)c1. The van der Waals surface area contributed by atoms with Crippen molar-refractivity contribution in [3.8, 4) is 5.75 Å². The molecule has 2 aromatic rings. The Kier molecular flexibility index (Phi) is 5.70. The van der Waals surface area contributed by atoms with Crippen LogP contribution in [0.4, 0.5) is 0 Å². The summed E-state index contributed by atoms with van der Waals surface area (Å²) >= 11 is 7.56. The zero-order chi connectivity index (χ0) is 16.1. The van der Waals surface area contributed by atoms with Crippen LogP contribution in [0, 0.1) is 6.92 Å². The van der Waals surface area contributed by atoms with Crippen LogP contribution in [0.15, 0.2) is 18.2 Å². The average Bonchev–Trinajstić information content (AvgIpc) is 2.83. The summed E-state index contributed by atoms with van der Waals surface area (Å²) in [5.74, 6) is -0.0808. The molecule has 0 aliphatic carbocycles. The highest BCUT2D eigenvalue weighted by Crippen LogP contribution is 2.26. The summed E-state index contributed by atoms with van der Waals surface area (Å²) < 4.78 is 9.16. The fraction of sp³-hybridized carbons (Fsp3) is 0.357. The number of aryl methyl sites for hydroxylation is 1. The number of hydrogen-bond donors (Lipinski definition) is 1. The molecule has 0 aliphatic heterocycles. The van der Waals surface area contributed by atoms with Gasteiger partial charge in [-0.25, -0.2) is 0 Å². The highest BCUT2D eigenvalue weighted by molar-refractivity contribution is 7.05. The second-order valence-corrected chi connectivity index (χ2v) is 6.22. The molecule has 0 bridgehead atoms. The van der Waals surface area contributed by atoms with Crippen molar-refractivity contribution in [2.24, 2.45) is 5.73 Å². The summed E-state index contributed by atoms with van der Waals surface area (Å²) in [6.07, 6.45) is 0. The molecule has 0 radical (unpaired) electrons. The maximum atomic E-state index is 10.7. The Bertz CT molecular complexity index is 662. The number of ether oxygens (including phenoxy) is 1. The zero-order valence-corrected chi connectivity index (χ0v) is 13.9. The number of benzene rings is 1. The molecule has 6 nitrogen and oxygen atoms in total. The molecule has 8 heteroatoms. The fourth-order valence-electron chi connectivity index (χ4n) is 1.92. The first-order valence-corrected chi connectivity index (χ1v) is 7.76. The lowest BCUT2D eigenvalue weighted by molar-refractivity contribution is -0.119. The maximum absolute atomic E-state index is 10.7. The van der Waals surface area contributed by atoms with E-state index in [9.17, 15) is 4.79 Å². The van der Waals surface area contributed by atoms with E-state index < -0.39 is 5.91 Å². The minimum Gasteiger partial charge on any atom is -0.482 e. The highest BCUT2D eigenvalue weighted by atomic mass is 35.5. The largest absolute Gasteiger partial charge is 0.482 e. The van der Waals surface area contributed by atoms with Crippen LogP contribution in [0.5, 0.6) is 5.75 Å². The van der Waals surface area contributed by atoms with Crippen LogP contribution in [0.3, 0.4) is 0 Å². The smallest absolute Gasteiger partial charge is 0.255 e. The predicted molar refractivity (Wildman–Crippen MR) is 86.0 cm³/mol. The van der Waals surface area contributed by atoms with Crippen LogP contribution >= 0.6 is 23.1 Å². The number of hydrogen-bond acceptors (Lipinski definition) is 6. The number of nitrogens with two attached hydrogens (primary N) is 1. The Balaban J connectivity index is 1.96. The maximum Gasteiger partial charge on any atom is 0.255 e. The Hall–Kier alpha value is -1.70. The van der Waals surface area contributed by atoms with E-state index in [1.807, 2.05) is 26.1 Å². The summed E-state index contributed by atoms with van der Waals surface area (Å²) in [6, 6.07) is 5.48. The molecule has 2 N–H and O–H groups in total. The van der Waals surface area contributed by atoms with Crippen molar-refractivity contribution in [3.05, 3.63) is 39.4 Å². The van der Waals surface area contributed by atoms with Crippen molar-refractivity contribution in [1.82, 2.24) is 14.5 Å². The number of carbonyl (C=O) groups is 1. The number of amides is 1. The van der Waals surface area contributed by atoms with Gasteiger partial charge in [0.15, 0.2) is 6.61 Å². The molecule has 0 saturated carbocycles. The third-order valence-electron chi connectivity index (χ3n) is 2.98. The predicted octanol–water partition coefficient (Wildman–Crippen LogP) is 2.00. The Morgan fingerprint density at radius 2 is 2.23 bits per heavy atom. The normalized spacial score (nSPS) is 10.9. The molecule has 0 saturated heterocycles. The molecular formula is C14H17ClN4O2S. The van der Waals surface area contributed by atoms with Crippen LogP contribution in [0.25, 0.3) is 0 Å². The molecule has 1 heterocycles. The molecule has 22 heavy (non-hydrogen) atoms. The number of aromatic nitrogens is 2.